The van der Waals surface area contributed by atoms with Crippen LogP contribution in [0.2, 0.25) is 0 Å². The summed E-state index contributed by atoms with van der Waals surface area (Å²) in [7, 11) is 0. The largest absolute Gasteiger partial charge is 0.386 e. The molecule has 0 bridgehead atoms. The van der Waals surface area contributed by atoms with E-state index in [1.54, 1.807) is 30.5 Å². The number of aliphatic hydroxyl groups excluding tert-OH is 1. The molecule has 118 valence electrons. The zero-order valence-corrected chi connectivity index (χ0v) is 13.6. The van der Waals surface area contributed by atoms with Crippen molar-refractivity contribution in [1.82, 2.24) is 10.3 Å². The van der Waals surface area contributed by atoms with Gasteiger partial charge in [0.1, 0.15) is 17.8 Å². The first-order valence-electron chi connectivity index (χ1n) is 6.35. The SMILES string of the molecule is O=C(N[C@H](CF)[C@H](O)c1ccc(-c2nccs2)cc1)C(Cl)Cl. The molecule has 0 aliphatic carbocycles. The Morgan fingerprint density at radius 1 is 1.36 bits per heavy atom. The van der Waals surface area contributed by atoms with Crippen molar-refractivity contribution in [1.29, 1.82) is 0 Å². The van der Waals surface area contributed by atoms with E-state index in [1.807, 2.05) is 5.38 Å². The number of aromatic nitrogens is 1. The van der Waals surface area contributed by atoms with E-state index in [4.69, 9.17) is 23.2 Å². The zero-order chi connectivity index (χ0) is 16.1. The quantitative estimate of drug-likeness (QED) is 0.776. The molecular formula is C14H13Cl2FN2O2S. The van der Waals surface area contributed by atoms with Crippen LogP contribution in [0.1, 0.15) is 11.7 Å². The summed E-state index contributed by atoms with van der Waals surface area (Å²) in [6.07, 6.45) is 0.498. The van der Waals surface area contributed by atoms with E-state index in [0.717, 1.165) is 10.6 Å². The molecule has 22 heavy (non-hydrogen) atoms. The summed E-state index contributed by atoms with van der Waals surface area (Å²) < 4.78 is 13.1. The second kappa shape index (κ2) is 7.87. The molecule has 2 aromatic rings. The van der Waals surface area contributed by atoms with Gasteiger partial charge in [-0.15, -0.1) is 11.3 Å². The van der Waals surface area contributed by atoms with Gasteiger partial charge in [0, 0.05) is 17.1 Å². The lowest BCUT2D eigenvalue weighted by atomic mass is 10.0. The minimum absolute atomic E-state index is 0.476. The lowest BCUT2D eigenvalue weighted by molar-refractivity contribution is -0.121. The number of aliphatic hydroxyl groups is 1. The van der Waals surface area contributed by atoms with Gasteiger partial charge in [-0.1, -0.05) is 47.5 Å². The molecule has 0 aliphatic heterocycles. The lowest BCUT2D eigenvalue weighted by Crippen LogP contribution is -2.43. The number of hydrogen-bond acceptors (Lipinski definition) is 4. The van der Waals surface area contributed by atoms with Crippen LogP contribution < -0.4 is 5.32 Å². The van der Waals surface area contributed by atoms with E-state index < -0.39 is 29.6 Å². The predicted octanol–water partition coefficient (Wildman–Crippen LogP) is 3.10. The van der Waals surface area contributed by atoms with Gasteiger partial charge in [0.05, 0.1) is 6.04 Å². The molecule has 8 heteroatoms. The van der Waals surface area contributed by atoms with Crippen LogP contribution in [-0.2, 0) is 4.79 Å². The van der Waals surface area contributed by atoms with E-state index in [0.29, 0.717) is 5.56 Å². The van der Waals surface area contributed by atoms with Crippen LogP contribution in [0, 0.1) is 0 Å². The molecule has 0 saturated carbocycles. The highest BCUT2D eigenvalue weighted by Gasteiger charge is 2.25. The highest BCUT2D eigenvalue weighted by atomic mass is 35.5. The number of benzene rings is 1. The second-order valence-corrected chi connectivity index (χ2v) is 6.47. The summed E-state index contributed by atoms with van der Waals surface area (Å²) in [5.41, 5.74) is 1.37. The van der Waals surface area contributed by atoms with Crippen molar-refractivity contribution >= 4 is 40.4 Å². The molecule has 2 N–H and O–H groups in total. The topological polar surface area (TPSA) is 62.2 Å². The third-order valence-corrected chi connectivity index (χ3v) is 4.22. The molecule has 4 nitrogen and oxygen atoms in total. The third-order valence-electron chi connectivity index (χ3n) is 3.00. The number of rotatable bonds is 6. The van der Waals surface area contributed by atoms with Crippen molar-refractivity contribution < 1.29 is 14.3 Å². The first-order chi connectivity index (χ1) is 10.5. The molecule has 1 heterocycles. The van der Waals surface area contributed by atoms with E-state index in [2.05, 4.69) is 10.3 Å². The lowest BCUT2D eigenvalue weighted by Gasteiger charge is -2.22. The molecule has 0 unspecified atom stereocenters. The van der Waals surface area contributed by atoms with Crippen molar-refractivity contribution in [2.45, 2.75) is 17.0 Å². The van der Waals surface area contributed by atoms with Crippen molar-refractivity contribution in [3.63, 3.8) is 0 Å². The number of carbonyl (C=O) groups excluding carboxylic acids is 1. The average Bonchev–Trinajstić information content (AvgIpc) is 3.06. The summed E-state index contributed by atoms with van der Waals surface area (Å²) in [4.78, 5) is 14.3. The van der Waals surface area contributed by atoms with Gasteiger partial charge in [-0.25, -0.2) is 9.37 Å². The maximum Gasteiger partial charge on any atom is 0.253 e. The summed E-state index contributed by atoms with van der Waals surface area (Å²) in [6, 6.07) is 5.77. The van der Waals surface area contributed by atoms with Crippen molar-refractivity contribution in [3.05, 3.63) is 41.4 Å². The first kappa shape index (κ1) is 17.1. The van der Waals surface area contributed by atoms with Crippen LogP contribution in [0.4, 0.5) is 4.39 Å². The first-order valence-corrected chi connectivity index (χ1v) is 8.10. The minimum atomic E-state index is -1.31. The van der Waals surface area contributed by atoms with Gasteiger partial charge in [0.2, 0.25) is 0 Å². The van der Waals surface area contributed by atoms with Gasteiger partial charge in [-0.3, -0.25) is 4.79 Å². The monoisotopic (exact) mass is 362 g/mol. The van der Waals surface area contributed by atoms with Gasteiger partial charge >= 0.3 is 0 Å². The summed E-state index contributed by atoms with van der Waals surface area (Å²) in [6.45, 7) is -0.943. The van der Waals surface area contributed by atoms with Crippen LogP contribution in [0.15, 0.2) is 35.8 Å². The van der Waals surface area contributed by atoms with Crippen LogP contribution in [0.5, 0.6) is 0 Å². The van der Waals surface area contributed by atoms with Crippen LogP contribution in [0.3, 0.4) is 0 Å². The normalized spacial score (nSPS) is 13.9. The maximum atomic E-state index is 13.1. The average molecular weight is 363 g/mol. The number of hydrogen-bond donors (Lipinski definition) is 2. The van der Waals surface area contributed by atoms with Crippen LogP contribution in [0.25, 0.3) is 10.6 Å². The molecule has 2 atom stereocenters. The van der Waals surface area contributed by atoms with Crippen molar-refractivity contribution in [2.75, 3.05) is 6.67 Å². The Morgan fingerprint density at radius 2 is 2.05 bits per heavy atom. The Hall–Kier alpha value is -1.21. The van der Waals surface area contributed by atoms with Gasteiger partial charge in [-0.2, -0.15) is 0 Å². The fourth-order valence-electron chi connectivity index (χ4n) is 1.87. The summed E-state index contributed by atoms with van der Waals surface area (Å²) in [5, 5.41) is 15.2. The van der Waals surface area contributed by atoms with E-state index in [9.17, 15) is 14.3 Å². The number of nitrogens with zero attached hydrogens (tertiary/aromatic N) is 1. The summed E-state index contributed by atoms with van der Waals surface area (Å²) in [5.74, 6) is -0.746. The van der Waals surface area contributed by atoms with Gasteiger partial charge in [0.15, 0.2) is 4.84 Å². The molecule has 2 rings (SSSR count). The number of halogens is 3. The highest BCUT2D eigenvalue weighted by Crippen LogP contribution is 2.25. The smallest absolute Gasteiger partial charge is 0.253 e. The van der Waals surface area contributed by atoms with E-state index in [-0.39, 0.29) is 0 Å². The van der Waals surface area contributed by atoms with Gasteiger partial charge in [0.25, 0.3) is 5.91 Å². The molecule has 0 radical (unpaired) electrons. The third kappa shape index (κ3) is 4.16. The molecule has 0 spiro atoms. The number of nitrogens with one attached hydrogen (secondary N) is 1. The molecule has 0 fully saturated rings. The van der Waals surface area contributed by atoms with Gasteiger partial charge in [-0.05, 0) is 5.56 Å². The number of thiazole rings is 1. The Labute approximate surface area is 140 Å². The number of carbonyl (C=O) groups is 1. The summed E-state index contributed by atoms with van der Waals surface area (Å²) >= 11 is 12.3. The van der Waals surface area contributed by atoms with E-state index in [1.165, 1.54) is 11.3 Å². The zero-order valence-electron chi connectivity index (χ0n) is 11.2. The fraction of sp³-hybridized carbons (Fsp3) is 0.286. The number of alkyl halides is 3. The highest BCUT2D eigenvalue weighted by molar-refractivity contribution is 7.13. The molecule has 1 aromatic carbocycles. The Balaban J connectivity index is 2.10. The Bertz CT molecular complexity index is 608. The van der Waals surface area contributed by atoms with Gasteiger partial charge < -0.3 is 10.4 Å². The van der Waals surface area contributed by atoms with Crippen molar-refractivity contribution in [2.24, 2.45) is 0 Å². The molecule has 0 aliphatic rings. The Morgan fingerprint density at radius 3 is 2.55 bits per heavy atom. The molecule has 1 aromatic heterocycles. The molecular weight excluding hydrogens is 350 g/mol. The molecule has 1 amide bonds. The van der Waals surface area contributed by atoms with Crippen LogP contribution >= 0.6 is 34.5 Å². The van der Waals surface area contributed by atoms with E-state index >= 15 is 0 Å². The van der Waals surface area contributed by atoms with Crippen molar-refractivity contribution in [3.8, 4) is 10.6 Å². The standard InChI is InChI=1S/C14H13Cl2FN2O2S/c15-12(16)13(21)19-10(7-17)11(20)8-1-3-9(4-2-8)14-18-5-6-22-14/h1-6,10-12,20H,7H2,(H,19,21)/t10-,11-/m1/s1. The Kier molecular flexibility index (Phi) is 6.14. The minimum Gasteiger partial charge on any atom is -0.386 e. The maximum absolute atomic E-state index is 13.1. The fourth-order valence-corrected chi connectivity index (χ4v) is 2.64. The number of amides is 1. The second-order valence-electron chi connectivity index (χ2n) is 4.47. The predicted molar refractivity (Wildman–Crippen MR) is 85.9 cm³/mol. The van der Waals surface area contributed by atoms with Crippen LogP contribution in [-0.4, -0.2) is 33.6 Å². The molecule has 0 saturated heterocycles.